The third kappa shape index (κ3) is 5.80. The maximum absolute atomic E-state index is 11.5. The van der Waals surface area contributed by atoms with Crippen LogP contribution in [0.15, 0.2) is 24.4 Å². The average Bonchev–Trinajstić information content (AvgIpc) is 2.34. The molecule has 1 rings (SSSR count). The summed E-state index contributed by atoms with van der Waals surface area (Å²) in [5.74, 6) is -0.238. The molecule has 5 heteroatoms. The van der Waals surface area contributed by atoms with Crippen molar-refractivity contribution in [1.29, 1.82) is 0 Å². The number of nitrogens with one attached hydrogen (secondary N) is 1. The number of rotatable bonds is 6. The lowest BCUT2D eigenvalue weighted by Crippen LogP contribution is -2.30. The fraction of sp³-hybridized carbons (Fsp3) is 0.385. The summed E-state index contributed by atoms with van der Waals surface area (Å²) < 4.78 is 0. The van der Waals surface area contributed by atoms with Crippen molar-refractivity contribution >= 4 is 23.6 Å². The summed E-state index contributed by atoms with van der Waals surface area (Å²) >= 11 is 5.72. The van der Waals surface area contributed by atoms with Crippen molar-refractivity contribution in [3.8, 4) is 0 Å². The van der Waals surface area contributed by atoms with Crippen molar-refractivity contribution < 1.29 is 9.90 Å². The summed E-state index contributed by atoms with van der Waals surface area (Å²) in [4.78, 5) is 15.3. The Morgan fingerprint density at radius 2 is 2.44 bits per heavy atom. The molecule has 0 radical (unpaired) electrons. The van der Waals surface area contributed by atoms with Crippen LogP contribution in [-0.2, 0) is 4.79 Å². The minimum Gasteiger partial charge on any atom is -0.391 e. The van der Waals surface area contributed by atoms with Gasteiger partial charge in [0.15, 0.2) is 0 Å². The molecule has 0 bridgehead atoms. The van der Waals surface area contributed by atoms with Gasteiger partial charge in [0.2, 0.25) is 5.91 Å². The van der Waals surface area contributed by atoms with E-state index in [9.17, 15) is 9.90 Å². The number of carbonyl (C=O) groups is 1. The van der Waals surface area contributed by atoms with Crippen molar-refractivity contribution in [2.75, 3.05) is 6.54 Å². The number of carbonyl (C=O) groups excluding carboxylic acids is 1. The fourth-order valence-corrected chi connectivity index (χ4v) is 1.59. The molecule has 1 amide bonds. The van der Waals surface area contributed by atoms with Crippen LogP contribution in [0.2, 0.25) is 5.15 Å². The number of aliphatic hydroxyl groups is 1. The summed E-state index contributed by atoms with van der Waals surface area (Å²) in [6, 6.07) is 3.42. The molecule has 2 N–H and O–H groups in total. The highest BCUT2D eigenvalue weighted by atomic mass is 35.5. The van der Waals surface area contributed by atoms with Crippen LogP contribution < -0.4 is 5.32 Å². The standard InChI is InChI=1S/C13H17ClN2O2/c1-2-3-11(17)9-16-13(18)5-4-10-6-7-15-12(14)8-10/h4-8,11,17H,2-3,9H2,1H3,(H,16,18)/b5-4+. The van der Waals surface area contributed by atoms with Crippen LogP contribution in [0.5, 0.6) is 0 Å². The van der Waals surface area contributed by atoms with Gasteiger partial charge in [-0.2, -0.15) is 0 Å². The van der Waals surface area contributed by atoms with Gasteiger partial charge in [-0.05, 0) is 30.2 Å². The lowest BCUT2D eigenvalue weighted by Gasteiger charge is -2.08. The van der Waals surface area contributed by atoms with Crippen molar-refractivity contribution in [3.05, 3.63) is 35.1 Å². The monoisotopic (exact) mass is 268 g/mol. The number of hydrogen-bond acceptors (Lipinski definition) is 3. The highest BCUT2D eigenvalue weighted by molar-refractivity contribution is 6.29. The van der Waals surface area contributed by atoms with Gasteiger partial charge in [0.1, 0.15) is 5.15 Å². The predicted molar refractivity (Wildman–Crippen MR) is 72.2 cm³/mol. The van der Waals surface area contributed by atoms with E-state index in [0.717, 1.165) is 12.0 Å². The maximum Gasteiger partial charge on any atom is 0.244 e. The normalized spacial score (nSPS) is 12.6. The molecule has 1 heterocycles. The molecule has 0 aliphatic carbocycles. The van der Waals surface area contributed by atoms with Crippen LogP contribution in [-0.4, -0.2) is 28.6 Å². The number of aromatic nitrogens is 1. The zero-order valence-corrected chi connectivity index (χ0v) is 11.0. The zero-order chi connectivity index (χ0) is 13.4. The molecule has 0 spiro atoms. The first-order chi connectivity index (χ1) is 8.61. The Balaban J connectivity index is 2.40. The molecule has 0 aliphatic heterocycles. The first-order valence-electron chi connectivity index (χ1n) is 5.87. The zero-order valence-electron chi connectivity index (χ0n) is 10.3. The second-order valence-electron chi connectivity index (χ2n) is 3.93. The van der Waals surface area contributed by atoms with Gasteiger partial charge in [-0.3, -0.25) is 4.79 Å². The smallest absolute Gasteiger partial charge is 0.244 e. The minimum absolute atomic E-state index is 0.238. The molecule has 0 aromatic carbocycles. The highest BCUT2D eigenvalue weighted by Crippen LogP contribution is 2.08. The summed E-state index contributed by atoms with van der Waals surface area (Å²) in [7, 11) is 0. The molecule has 4 nitrogen and oxygen atoms in total. The van der Waals surface area contributed by atoms with E-state index in [1.807, 2.05) is 6.92 Å². The number of nitrogens with zero attached hydrogens (tertiary/aromatic N) is 1. The van der Waals surface area contributed by atoms with Gasteiger partial charge in [0.25, 0.3) is 0 Å². The van der Waals surface area contributed by atoms with Gasteiger partial charge >= 0.3 is 0 Å². The van der Waals surface area contributed by atoms with E-state index in [1.54, 1.807) is 24.4 Å². The largest absolute Gasteiger partial charge is 0.391 e. The van der Waals surface area contributed by atoms with Gasteiger partial charge in [0, 0.05) is 18.8 Å². The number of halogens is 1. The quantitative estimate of drug-likeness (QED) is 0.613. The van der Waals surface area contributed by atoms with Crippen LogP contribution in [0.1, 0.15) is 25.3 Å². The molecule has 0 aliphatic rings. The van der Waals surface area contributed by atoms with Gasteiger partial charge in [-0.15, -0.1) is 0 Å². The van der Waals surface area contributed by atoms with Crippen LogP contribution >= 0.6 is 11.6 Å². The van der Waals surface area contributed by atoms with E-state index in [2.05, 4.69) is 10.3 Å². The predicted octanol–water partition coefficient (Wildman–Crippen LogP) is 2.03. The number of hydrogen-bond donors (Lipinski definition) is 2. The molecular weight excluding hydrogens is 252 g/mol. The third-order valence-electron chi connectivity index (χ3n) is 2.31. The van der Waals surface area contributed by atoms with Crippen LogP contribution in [0.3, 0.4) is 0 Å². The SMILES string of the molecule is CCCC(O)CNC(=O)/C=C/c1ccnc(Cl)c1. The molecule has 0 saturated heterocycles. The Morgan fingerprint density at radius 1 is 1.67 bits per heavy atom. The summed E-state index contributed by atoms with van der Waals surface area (Å²) in [6.45, 7) is 2.26. The van der Waals surface area contributed by atoms with Crippen molar-refractivity contribution in [3.63, 3.8) is 0 Å². The summed E-state index contributed by atoms with van der Waals surface area (Å²) in [6.07, 6.45) is 5.72. The van der Waals surface area contributed by atoms with E-state index in [-0.39, 0.29) is 12.5 Å². The molecule has 0 fully saturated rings. The molecular formula is C13H17ClN2O2. The molecule has 0 saturated carbocycles. The highest BCUT2D eigenvalue weighted by Gasteiger charge is 2.03. The van der Waals surface area contributed by atoms with Gasteiger partial charge in [0.05, 0.1) is 6.10 Å². The number of aliphatic hydroxyl groups excluding tert-OH is 1. The Hall–Kier alpha value is -1.39. The van der Waals surface area contributed by atoms with E-state index < -0.39 is 6.10 Å². The number of pyridine rings is 1. The van der Waals surface area contributed by atoms with E-state index in [1.165, 1.54) is 6.08 Å². The molecule has 1 unspecified atom stereocenters. The van der Waals surface area contributed by atoms with Gasteiger partial charge in [-0.1, -0.05) is 24.9 Å². The average molecular weight is 269 g/mol. The molecule has 1 aromatic rings. The lowest BCUT2D eigenvalue weighted by atomic mass is 10.2. The van der Waals surface area contributed by atoms with E-state index in [4.69, 9.17) is 11.6 Å². The van der Waals surface area contributed by atoms with Crippen LogP contribution in [0, 0.1) is 0 Å². The fourth-order valence-electron chi connectivity index (χ4n) is 1.41. The first-order valence-corrected chi connectivity index (χ1v) is 6.25. The van der Waals surface area contributed by atoms with Crippen molar-refractivity contribution in [1.82, 2.24) is 10.3 Å². The van der Waals surface area contributed by atoms with Gasteiger partial charge < -0.3 is 10.4 Å². The Kier molecular flexibility index (Phi) is 6.39. The second-order valence-corrected chi connectivity index (χ2v) is 4.32. The van der Waals surface area contributed by atoms with Crippen LogP contribution in [0.4, 0.5) is 0 Å². The molecule has 98 valence electrons. The second kappa shape index (κ2) is 7.84. The van der Waals surface area contributed by atoms with E-state index >= 15 is 0 Å². The Morgan fingerprint density at radius 3 is 3.11 bits per heavy atom. The van der Waals surface area contributed by atoms with Crippen LogP contribution in [0.25, 0.3) is 6.08 Å². The van der Waals surface area contributed by atoms with Gasteiger partial charge in [-0.25, -0.2) is 4.98 Å². The maximum atomic E-state index is 11.5. The lowest BCUT2D eigenvalue weighted by molar-refractivity contribution is -0.116. The molecule has 1 aromatic heterocycles. The molecule has 18 heavy (non-hydrogen) atoms. The third-order valence-corrected chi connectivity index (χ3v) is 2.52. The minimum atomic E-state index is -0.484. The molecule has 1 atom stereocenters. The number of amides is 1. The summed E-state index contributed by atoms with van der Waals surface area (Å²) in [5, 5.41) is 12.5. The van der Waals surface area contributed by atoms with E-state index in [0.29, 0.717) is 11.6 Å². The topological polar surface area (TPSA) is 62.2 Å². The summed E-state index contributed by atoms with van der Waals surface area (Å²) in [5.41, 5.74) is 0.805. The van der Waals surface area contributed by atoms with Crippen molar-refractivity contribution in [2.24, 2.45) is 0 Å². The van der Waals surface area contributed by atoms with Crippen molar-refractivity contribution in [2.45, 2.75) is 25.9 Å². The Labute approximate surface area is 112 Å². The Bertz CT molecular complexity index is 421. The first kappa shape index (κ1) is 14.7.